The van der Waals surface area contributed by atoms with E-state index in [4.69, 9.17) is 4.74 Å². The van der Waals surface area contributed by atoms with Crippen LogP contribution in [0.5, 0.6) is 5.75 Å². The summed E-state index contributed by atoms with van der Waals surface area (Å²) in [4.78, 5) is 19.3. The third kappa shape index (κ3) is 3.38. The molecule has 1 amide bonds. The number of H-pyrrole nitrogens is 1. The van der Waals surface area contributed by atoms with Gasteiger partial charge in [-0.15, -0.1) is 0 Å². The van der Waals surface area contributed by atoms with E-state index in [1.54, 1.807) is 0 Å². The van der Waals surface area contributed by atoms with Crippen molar-refractivity contribution in [3.05, 3.63) is 101 Å². The largest absolute Gasteiger partial charge is 0.494 e. The molecule has 0 fully saturated rings. The van der Waals surface area contributed by atoms with Crippen LogP contribution in [0.25, 0.3) is 10.9 Å². The van der Waals surface area contributed by atoms with E-state index in [-0.39, 0.29) is 11.9 Å². The molecule has 3 aromatic carbocycles. The van der Waals surface area contributed by atoms with Gasteiger partial charge in [0.1, 0.15) is 5.75 Å². The zero-order valence-corrected chi connectivity index (χ0v) is 17.9. The van der Waals surface area contributed by atoms with Gasteiger partial charge in [-0.25, -0.2) is 0 Å². The Hall–Kier alpha value is -3.53. The SMILES string of the molecule is CCOc1ccc([C@H]2c3[nH]c4ccccc4c3CCN2C(=O)c2ccccc2C)cc1. The predicted molar refractivity (Wildman–Crippen MR) is 124 cm³/mol. The summed E-state index contributed by atoms with van der Waals surface area (Å²) in [6.45, 7) is 5.29. The molecule has 1 aliphatic rings. The van der Waals surface area contributed by atoms with Gasteiger partial charge in [0, 0.05) is 28.7 Å². The summed E-state index contributed by atoms with van der Waals surface area (Å²) < 4.78 is 5.64. The van der Waals surface area contributed by atoms with Crippen LogP contribution in [-0.2, 0) is 6.42 Å². The van der Waals surface area contributed by atoms with Gasteiger partial charge in [0.15, 0.2) is 0 Å². The maximum Gasteiger partial charge on any atom is 0.254 e. The molecule has 0 saturated carbocycles. The van der Waals surface area contributed by atoms with E-state index >= 15 is 0 Å². The minimum absolute atomic E-state index is 0.0706. The number of carbonyl (C=O) groups excluding carboxylic acids is 1. The first-order chi connectivity index (χ1) is 15.2. The molecule has 0 bridgehead atoms. The number of nitrogens with zero attached hydrogens (tertiary/aromatic N) is 1. The highest BCUT2D eigenvalue weighted by molar-refractivity contribution is 5.97. The summed E-state index contributed by atoms with van der Waals surface area (Å²) in [5.74, 6) is 0.914. The molecule has 0 spiro atoms. The molecule has 1 N–H and O–H groups in total. The standard InChI is InChI=1S/C27H26N2O2/c1-3-31-20-14-12-19(13-15-20)26-25-23(22-10-6-7-11-24(22)28-25)16-17-29(26)27(30)21-9-5-4-8-18(21)2/h4-15,26,28H,3,16-17H2,1-2H3/t26-/m0/s1. The number of aromatic amines is 1. The van der Waals surface area contributed by atoms with E-state index in [1.807, 2.05) is 61.2 Å². The molecule has 4 aromatic rings. The Kier molecular flexibility index (Phi) is 4.99. The fraction of sp³-hybridized carbons (Fsp3) is 0.222. The van der Waals surface area contributed by atoms with Crippen molar-refractivity contribution in [2.45, 2.75) is 26.3 Å². The fourth-order valence-corrected chi connectivity index (χ4v) is 4.69. The van der Waals surface area contributed by atoms with Gasteiger partial charge in [-0.3, -0.25) is 4.79 Å². The first-order valence-electron chi connectivity index (χ1n) is 10.9. The third-order valence-electron chi connectivity index (χ3n) is 6.18. The highest BCUT2D eigenvalue weighted by Gasteiger charge is 2.35. The topological polar surface area (TPSA) is 45.3 Å². The monoisotopic (exact) mass is 410 g/mol. The van der Waals surface area contributed by atoms with Crippen molar-refractivity contribution in [3.8, 4) is 5.75 Å². The lowest BCUT2D eigenvalue weighted by molar-refractivity contribution is 0.0691. The average molecular weight is 411 g/mol. The Balaban J connectivity index is 1.64. The van der Waals surface area contributed by atoms with Crippen LogP contribution in [0, 0.1) is 6.92 Å². The van der Waals surface area contributed by atoms with Crippen LogP contribution in [0.3, 0.4) is 0 Å². The number of para-hydroxylation sites is 1. The zero-order chi connectivity index (χ0) is 21.4. The molecule has 0 saturated heterocycles. The number of fused-ring (bicyclic) bond motifs is 3. The summed E-state index contributed by atoms with van der Waals surface area (Å²) in [5, 5.41) is 1.25. The Morgan fingerprint density at radius 1 is 1.03 bits per heavy atom. The van der Waals surface area contributed by atoms with Crippen LogP contribution >= 0.6 is 0 Å². The second kappa shape index (κ2) is 7.95. The maximum atomic E-state index is 13.7. The van der Waals surface area contributed by atoms with Crippen LogP contribution in [-0.4, -0.2) is 28.9 Å². The zero-order valence-electron chi connectivity index (χ0n) is 17.9. The number of nitrogens with one attached hydrogen (secondary N) is 1. The van der Waals surface area contributed by atoms with Crippen LogP contribution in [0.1, 0.15) is 45.7 Å². The van der Waals surface area contributed by atoms with Gasteiger partial charge in [-0.1, -0.05) is 48.5 Å². The lowest BCUT2D eigenvalue weighted by Crippen LogP contribution is -2.40. The normalized spacial score (nSPS) is 15.7. The molecule has 0 unspecified atom stereocenters. The van der Waals surface area contributed by atoms with Crippen molar-refractivity contribution in [1.29, 1.82) is 0 Å². The molecule has 1 atom stereocenters. The van der Waals surface area contributed by atoms with E-state index in [1.165, 1.54) is 10.9 Å². The van der Waals surface area contributed by atoms with Crippen LogP contribution in [0.2, 0.25) is 0 Å². The molecule has 0 aliphatic carbocycles. The van der Waals surface area contributed by atoms with Crippen molar-refractivity contribution < 1.29 is 9.53 Å². The lowest BCUT2D eigenvalue weighted by atomic mass is 9.91. The van der Waals surface area contributed by atoms with E-state index in [9.17, 15) is 4.79 Å². The summed E-state index contributed by atoms with van der Waals surface area (Å²) in [5.41, 5.74) is 6.38. The number of hydrogen-bond donors (Lipinski definition) is 1. The number of aryl methyl sites for hydroxylation is 1. The number of ether oxygens (including phenoxy) is 1. The van der Waals surface area contributed by atoms with Gasteiger partial charge in [0.05, 0.1) is 12.6 Å². The van der Waals surface area contributed by atoms with Gasteiger partial charge in [0.2, 0.25) is 0 Å². The Labute approximate surface area is 182 Å². The van der Waals surface area contributed by atoms with Crippen molar-refractivity contribution >= 4 is 16.8 Å². The first kappa shape index (κ1) is 19.4. The molecular weight excluding hydrogens is 384 g/mol. The molecule has 1 aliphatic heterocycles. The number of aromatic nitrogens is 1. The van der Waals surface area contributed by atoms with Gasteiger partial charge < -0.3 is 14.6 Å². The first-order valence-corrected chi connectivity index (χ1v) is 10.9. The number of benzene rings is 3. The Bertz CT molecular complexity index is 1240. The lowest BCUT2D eigenvalue weighted by Gasteiger charge is -2.36. The summed E-state index contributed by atoms with van der Waals surface area (Å²) >= 11 is 0. The highest BCUT2D eigenvalue weighted by atomic mass is 16.5. The minimum atomic E-state index is -0.168. The van der Waals surface area contributed by atoms with Crippen LogP contribution in [0.15, 0.2) is 72.8 Å². The average Bonchev–Trinajstić information content (AvgIpc) is 3.18. The maximum absolute atomic E-state index is 13.7. The van der Waals surface area contributed by atoms with Crippen LogP contribution < -0.4 is 4.74 Å². The molecule has 31 heavy (non-hydrogen) atoms. The molecule has 156 valence electrons. The van der Waals surface area contributed by atoms with Crippen molar-refractivity contribution in [1.82, 2.24) is 9.88 Å². The molecule has 5 rings (SSSR count). The van der Waals surface area contributed by atoms with E-state index in [2.05, 4.69) is 35.3 Å². The fourth-order valence-electron chi connectivity index (χ4n) is 4.69. The van der Waals surface area contributed by atoms with Gasteiger partial charge >= 0.3 is 0 Å². The molecule has 2 heterocycles. The molecule has 1 aromatic heterocycles. The van der Waals surface area contributed by atoms with E-state index in [0.717, 1.165) is 40.1 Å². The Morgan fingerprint density at radius 2 is 1.77 bits per heavy atom. The number of hydrogen-bond acceptors (Lipinski definition) is 2. The Morgan fingerprint density at radius 3 is 2.55 bits per heavy atom. The third-order valence-corrected chi connectivity index (χ3v) is 6.18. The highest BCUT2D eigenvalue weighted by Crippen LogP contribution is 2.39. The van der Waals surface area contributed by atoms with E-state index in [0.29, 0.717) is 13.2 Å². The number of rotatable bonds is 4. The van der Waals surface area contributed by atoms with E-state index < -0.39 is 0 Å². The van der Waals surface area contributed by atoms with Crippen molar-refractivity contribution in [3.63, 3.8) is 0 Å². The molecule has 4 heteroatoms. The van der Waals surface area contributed by atoms with Gasteiger partial charge in [0.25, 0.3) is 5.91 Å². The van der Waals surface area contributed by atoms with Crippen LogP contribution in [0.4, 0.5) is 0 Å². The number of carbonyl (C=O) groups is 1. The van der Waals surface area contributed by atoms with Gasteiger partial charge in [-0.2, -0.15) is 0 Å². The quantitative estimate of drug-likeness (QED) is 0.472. The van der Waals surface area contributed by atoms with Gasteiger partial charge in [-0.05, 0) is 61.2 Å². The smallest absolute Gasteiger partial charge is 0.254 e. The second-order valence-electron chi connectivity index (χ2n) is 8.03. The predicted octanol–water partition coefficient (Wildman–Crippen LogP) is 5.66. The summed E-state index contributed by atoms with van der Waals surface area (Å²) in [7, 11) is 0. The summed E-state index contributed by atoms with van der Waals surface area (Å²) in [6.07, 6.45) is 0.838. The number of amides is 1. The second-order valence-corrected chi connectivity index (χ2v) is 8.03. The summed E-state index contributed by atoms with van der Waals surface area (Å²) in [6, 6.07) is 24.2. The van der Waals surface area contributed by atoms with Crippen molar-refractivity contribution in [2.75, 3.05) is 13.2 Å². The molecule has 4 nitrogen and oxygen atoms in total. The van der Waals surface area contributed by atoms with Crippen molar-refractivity contribution in [2.24, 2.45) is 0 Å². The molecular formula is C27H26N2O2. The molecule has 0 radical (unpaired) electrons. The minimum Gasteiger partial charge on any atom is -0.494 e.